The molecule has 4 heteroatoms. The summed E-state index contributed by atoms with van der Waals surface area (Å²) in [6.45, 7) is 14.9. The Hall–Kier alpha value is -1.26. The summed E-state index contributed by atoms with van der Waals surface area (Å²) in [4.78, 5) is 0. The number of hydrogen-bond donors (Lipinski definition) is 0. The summed E-state index contributed by atoms with van der Waals surface area (Å²) < 4.78 is 17.5. The van der Waals surface area contributed by atoms with Crippen molar-refractivity contribution in [3.05, 3.63) is 36.4 Å². The molecule has 0 unspecified atom stereocenters. The summed E-state index contributed by atoms with van der Waals surface area (Å²) >= 11 is 0. The SMILES string of the molecule is C=C(B1OC(C)(C)C(C)(C)O1)c1ccc(OCC)cc1. The zero-order chi connectivity index (χ0) is 15.0. The molecule has 0 amide bonds. The molecule has 20 heavy (non-hydrogen) atoms. The van der Waals surface area contributed by atoms with Crippen LogP contribution in [0.25, 0.3) is 5.47 Å². The second-order valence-corrected chi connectivity index (χ2v) is 6.07. The van der Waals surface area contributed by atoms with E-state index in [1.807, 2.05) is 58.9 Å². The van der Waals surface area contributed by atoms with Gasteiger partial charge in [0.15, 0.2) is 0 Å². The summed E-state index contributed by atoms with van der Waals surface area (Å²) in [7, 11) is -0.405. The molecule has 1 aromatic carbocycles. The second kappa shape index (κ2) is 5.26. The third-order valence-corrected chi connectivity index (χ3v) is 4.07. The first-order valence-electron chi connectivity index (χ1n) is 7.04. The highest BCUT2D eigenvalue weighted by molar-refractivity contribution is 6.68. The van der Waals surface area contributed by atoms with Crippen LogP contribution < -0.4 is 4.74 Å². The van der Waals surface area contributed by atoms with E-state index in [1.165, 1.54) is 0 Å². The number of hydrogen-bond acceptors (Lipinski definition) is 3. The van der Waals surface area contributed by atoms with Crippen molar-refractivity contribution in [3.63, 3.8) is 0 Å². The molecule has 2 rings (SSSR count). The van der Waals surface area contributed by atoms with Gasteiger partial charge in [0.05, 0.1) is 17.8 Å². The highest BCUT2D eigenvalue weighted by Gasteiger charge is 2.52. The van der Waals surface area contributed by atoms with Gasteiger partial charge in [-0.2, -0.15) is 0 Å². The Morgan fingerprint density at radius 1 is 1.10 bits per heavy atom. The van der Waals surface area contributed by atoms with Gasteiger partial charge in [0.2, 0.25) is 0 Å². The van der Waals surface area contributed by atoms with Crippen molar-refractivity contribution in [2.45, 2.75) is 45.8 Å². The van der Waals surface area contributed by atoms with E-state index in [0.29, 0.717) is 6.61 Å². The van der Waals surface area contributed by atoms with Gasteiger partial charge in [-0.05, 0) is 57.8 Å². The van der Waals surface area contributed by atoms with Crippen LogP contribution in [0.15, 0.2) is 30.8 Å². The molecule has 1 aliphatic heterocycles. The number of rotatable bonds is 4. The van der Waals surface area contributed by atoms with Crippen molar-refractivity contribution in [3.8, 4) is 5.75 Å². The molecule has 0 atom stereocenters. The lowest BCUT2D eigenvalue weighted by atomic mass is 9.75. The topological polar surface area (TPSA) is 27.7 Å². The van der Waals surface area contributed by atoms with Gasteiger partial charge >= 0.3 is 7.12 Å². The molecule has 1 aromatic rings. The fourth-order valence-corrected chi connectivity index (χ4v) is 2.05. The molecule has 1 heterocycles. The molecule has 3 nitrogen and oxygen atoms in total. The molecule has 0 spiro atoms. The van der Waals surface area contributed by atoms with E-state index >= 15 is 0 Å². The average Bonchev–Trinajstić information content (AvgIpc) is 2.59. The Balaban J connectivity index is 2.13. The molecule has 0 saturated carbocycles. The monoisotopic (exact) mass is 274 g/mol. The molecular formula is C16H23BO3. The van der Waals surface area contributed by atoms with Crippen LogP contribution in [0.3, 0.4) is 0 Å². The van der Waals surface area contributed by atoms with Gasteiger partial charge in [-0.25, -0.2) is 0 Å². The first-order valence-corrected chi connectivity index (χ1v) is 7.04. The van der Waals surface area contributed by atoms with Crippen LogP contribution in [0.5, 0.6) is 5.75 Å². The van der Waals surface area contributed by atoms with Crippen LogP contribution in [0.2, 0.25) is 0 Å². The van der Waals surface area contributed by atoms with Crippen molar-refractivity contribution in [1.29, 1.82) is 0 Å². The van der Waals surface area contributed by atoms with Crippen LogP contribution in [-0.4, -0.2) is 24.9 Å². The minimum absolute atomic E-state index is 0.341. The molecular weight excluding hydrogens is 251 g/mol. The minimum atomic E-state index is -0.405. The Labute approximate surface area is 122 Å². The highest BCUT2D eigenvalue weighted by atomic mass is 16.7. The molecule has 1 aliphatic rings. The quantitative estimate of drug-likeness (QED) is 0.783. The van der Waals surface area contributed by atoms with Gasteiger partial charge in [0, 0.05) is 0 Å². The fraction of sp³-hybridized carbons (Fsp3) is 0.500. The average molecular weight is 274 g/mol. The van der Waals surface area contributed by atoms with Crippen molar-refractivity contribution in [1.82, 2.24) is 0 Å². The molecule has 0 N–H and O–H groups in total. The van der Waals surface area contributed by atoms with Gasteiger partial charge in [0.1, 0.15) is 5.75 Å². The zero-order valence-electron chi connectivity index (χ0n) is 13.0. The maximum atomic E-state index is 6.00. The van der Waals surface area contributed by atoms with Crippen molar-refractivity contribution in [2.75, 3.05) is 6.61 Å². The van der Waals surface area contributed by atoms with E-state index in [4.69, 9.17) is 14.0 Å². The maximum absolute atomic E-state index is 6.00. The van der Waals surface area contributed by atoms with Gasteiger partial charge in [-0.1, -0.05) is 18.7 Å². The molecule has 0 radical (unpaired) electrons. The summed E-state index contributed by atoms with van der Waals surface area (Å²) in [5.41, 5.74) is 1.16. The van der Waals surface area contributed by atoms with Crippen LogP contribution in [0.4, 0.5) is 0 Å². The molecule has 1 saturated heterocycles. The smallest absolute Gasteiger partial charge is 0.494 e. The highest BCUT2D eigenvalue weighted by Crippen LogP contribution is 2.40. The number of ether oxygens (including phenoxy) is 1. The van der Waals surface area contributed by atoms with E-state index in [1.54, 1.807) is 0 Å². The van der Waals surface area contributed by atoms with E-state index in [-0.39, 0.29) is 11.2 Å². The lowest BCUT2D eigenvalue weighted by Crippen LogP contribution is -2.41. The van der Waals surface area contributed by atoms with Crippen LogP contribution in [0, 0.1) is 0 Å². The van der Waals surface area contributed by atoms with E-state index < -0.39 is 7.12 Å². The predicted molar refractivity (Wildman–Crippen MR) is 82.7 cm³/mol. The van der Waals surface area contributed by atoms with Crippen LogP contribution in [0.1, 0.15) is 40.2 Å². The van der Waals surface area contributed by atoms with Gasteiger partial charge in [0.25, 0.3) is 0 Å². The maximum Gasteiger partial charge on any atom is 0.494 e. The first-order chi connectivity index (χ1) is 9.27. The van der Waals surface area contributed by atoms with Gasteiger partial charge in [-0.3, -0.25) is 0 Å². The van der Waals surface area contributed by atoms with Gasteiger partial charge < -0.3 is 14.0 Å². The summed E-state index contributed by atoms with van der Waals surface area (Å²) in [6, 6.07) is 7.85. The molecule has 1 fully saturated rings. The van der Waals surface area contributed by atoms with Gasteiger partial charge in [-0.15, -0.1) is 0 Å². The number of benzene rings is 1. The first kappa shape index (κ1) is 15.1. The van der Waals surface area contributed by atoms with E-state index in [9.17, 15) is 0 Å². The third kappa shape index (κ3) is 2.77. The van der Waals surface area contributed by atoms with Crippen LogP contribution >= 0.6 is 0 Å². The Morgan fingerprint density at radius 3 is 2.05 bits per heavy atom. The van der Waals surface area contributed by atoms with Crippen molar-refractivity contribution < 1.29 is 14.0 Å². The summed E-state index contributed by atoms with van der Waals surface area (Å²) in [5.74, 6) is 0.859. The lowest BCUT2D eigenvalue weighted by molar-refractivity contribution is 0.00578. The fourth-order valence-electron chi connectivity index (χ4n) is 2.05. The summed E-state index contributed by atoms with van der Waals surface area (Å²) in [6.07, 6.45) is 0. The predicted octanol–water partition coefficient (Wildman–Crippen LogP) is 3.73. The zero-order valence-corrected chi connectivity index (χ0v) is 13.0. The molecule has 0 bridgehead atoms. The minimum Gasteiger partial charge on any atom is -0.494 e. The lowest BCUT2D eigenvalue weighted by Gasteiger charge is -2.32. The third-order valence-electron chi connectivity index (χ3n) is 4.07. The molecule has 108 valence electrons. The van der Waals surface area contributed by atoms with Crippen LogP contribution in [-0.2, 0) is 9.31 Å². The molecule has 0 aromatic heterocycles. The standard InChI is InChI=1S/C16H23BO3/c1-7-18-14-10-8-13(9-11-14)12(2)17-19-15(3,4)16(5,6)20-17/h8-11H,2,7H2,1,3-6H3. The Kier molecular flexibility index (Phi) is 3.98. The largest absolute Gasteiger partial charge is 0.494 e. The van der Waals surface area contributed by atoms with Crippen molar-refractivity contribution >= 4 is 12.6 Å². The van der Waals surface area contributed by atoms with Crippen molar-refractivity contribution in [2.24, 2.45) is 0 Å². The molecule has 0 aliphatic carbocycles. The second-order valence-electron chi connectivity index (χ2n) is 6.07. The summed E-state index contributed by atoms with van der Waals surface area (Å²) in [5, 5.41) is 0. The van der Waals surface area contributed by atoms with E-state index in [2.05, 4.69) is 6.58 Å². The normalized spacial score (nSPS) is 19.9. The van der Waals surface area contributed by atoms with E-state index in [0.717, 1.165) is 16.8 Å². The Bertz CT molecular complexity index is 475. The Morgan fingerprint density at radius 2 is 1.60 bits per heavy atom.